The van der Waals surface area contributed by atoms with Crippen molar-refractivity contribution in [3.63, 3.8) is 0 Å². The minimum absolute atomic E-state index is 0.137. The van der Waals surface area contributed by atoms with Crippen LogP contribution in [-0.4, -0.2) is 38.7 Å². The third kappa shape index (κ3) is 3.97. The van der Waals surface area contributed by atoms with Crippen molar-refractivity contribution < 1.29 is 9.84 Å². The molecule has 0 aliphatic carbocycles. The lowest BCUT2D eigenvalue weighted by atomic mass is 10.3. The van der Waals surface area contributed by atoms with Gasteiger partial charge in [0.05, 0.1) is 25.4 Å². The van der Waals surface area contributed by atoms with Crippen molar-refractivity contribution >= 4 is 0 Å². The first-order chi connectivity index (χ1) is 6.99. The van der Waals surface area contributed by atoms with Crippen LogP contribution in [0.5, 0.6) is 0 Å². The maximum atomic E-state index is 9.67. The molecule has 0 radical (unpaired) electrons. The largest absolute Gasteiger partial charge is 0.389 e. The van der Waals surface area contributed by atoms with E-state index in [9.17, 15) is 5.11 Å². The number of rotatable bonds is 5. The molecule has 1 rings (SSSR count). The Balaban J connectivity index is 2.44. The monoisotopic (exact) mass is 213 g/mol. The molecule has 1 heterocycles. The molecule has 1 aromatic rings. The van der Waals surface area contributed by atoms with Crippen molar-refractivity contribution in [1.29, 1.82) is 0 Å². The Morgan fingerprint density at radius 1 is 1.40 bits per heavy atom. The fourth-order valence-corrected chi connectivity index (χ4v) is 1.29. The smallest absolute Gasteiger partial charge is 0.147 e. The Morgan fingerprint density at radius 3 is 2.53 bits per heavy atom. The van der Waals surface area contributed by atoms with Crippen LogP contribution in [0.1, 0.15) is 25.5 Å². The zero-order valence-electron chi connectivity index (χ0n) is 9.77. The van der Waals surface area contributed by atoms with Crippen molar-refractivity contribution in [1.82, 2.24) is 14.8 Å². The van der Waals surface area contributed by atoms with E-state index >= 15 is 0 Å². The molecule has 0 saturated heterocycles. The first-order valence-corrected chi connectivity index (χ1v) is 5.16. The Kier molecular flexibility index (Phi) is 4.23. The molecule has 1 N–H and O–H groups in total. The van der Waals surface area contributed by atoms with E-state index in [2.05, 4.69) is 10.1 Å². The molecule has 0 aliphatic rings. The van der Waals surface area contributed by atoms with E-state index in [4.69, 9.17) is 4.74 Å². The van der Waals surface area contributed by atoms with E-state index in [1.165, 1.54) is 0 Å². The highest BCUT2D eigenvalue weighted by molar-refractivity contribution is 4.87. The number of hydrogen-bond donors (Lipinski definition) is 1. The fourth-order valence-electron chi connectivity index (χ4n) is 1.29. The van der Waals surface area contributed by atoms with Gasteiger partial charge in [0.15, 0.2) is 0 Å². The second-order valence-corrected chi connectivity index (χ2v) is 3.92. The van der Waals surface area contributed by atoms with Crippen LogP contribution in [-0.2, 0) is 11.3 Å². The summed E-state index contributed by atoms with van der Waals surface area (Å²) in [5.74, 6) is 1.54. The SMILES string of the molecule is Cc1nc(C)n(CC(O)COC(C)C)n1. The molecule has 0 bridgehead atoms. The molecule has 1 atom stereocenters. The molecular formula is C10H19N3O2. The van der Waals surface area contributed by atoms with Gasteiger partial charge < -0.3 is 9.84 Å². The summed E-state index contributed by atoms with van der Waals surface area (Å²) in [5, 5.41) is 13.8. The Labute approximate surface area is 90.1 Å². The number of ether oxygens (including phenoxy) is 1. The number of aliphatic hydroxyl groups excluding tert-OH is 1. The lowest BCUT2D eigenvalue weighted by Gasteiger charge is -2.13. The number of aliphatic hydroxyl groups is 1. The van der Waals surface area contributed by atoms with Gasteiger partial charge in [0.25, 0.3) is 0 Å². The van der Waals surface area contributed by atoms with E-state index < -0.39 is 6.10 Å². The number of aromatic nitrogens is 3. The summed E-state index contributed by atoms with van der Waals surface area (Å²) in [6.07, 6.45) is -0.398. The summed E-state index contributed by atoms with van der Waals surface area (Å²) >= 11 is 0. The van der Waals surface area contributed by atoms with Gasteiger partial charge in [-0.25, -0.2) is 9.67 Å². The maximum Gasteiger partial charge on any atom is 0.147 e. The van der Waals surface area contributed by atoms with Gasteiger partial charge in [-0.15, -0.1) is 0 Å². The Hall–Kier alpha value is -0.940. The van der Waals surface area contributed by atoms with Crippen LogP contribution in [0.3, 0.4) is 0 Å². The van der Waals surface area contributed by atoms with Crippen LogP contribution >= 0.6 is 0 Å². The van der Waals surface area contributed by atoms with Crippen molar-refractivity contribution in [3.05, 3.63) is 11.6 Å². The van der Waals surface area contributed by atoms with Crippen molar-refractivity contribution in [2.75, 3.05) is 6.61 Å². The number of nitrogens with zero attached hydrogens (tertiary/aromatic N) is 3. The summed E-state index contributed by atoms with van der Waals surface area (Å²) in [6, 6.07) is 0. The number of hydrogen-bond acceptors (Lipinski definition) is 4. The third-order valence-electron chi connectivity index (χ3n) is 1.97. The average Bonchev–Trinajstić information content (AvgIpc) is 2.42. The molecule has 15 heavy (non-hydrogen) atoms. The van der Waals surface area contributed by atoms with Gasteiger partial charge >= 0.3 is 0 Å². The Bertz CT molecular complexity index is 310. The Morgan fingerprint density at radius 2 is 2.07 bits per heavy atom. The molecule has 1 aromatic heterocycles. The van der Waals surface area contributed by atoms with Gasteiger partial charge in [0, 0.05) is 0 Å². The van der Waals surface area contributed by atoms with Gasteiger partial charge in [0.1, 0.15) is 11.6 Å². The molecule has 0 aliphatic heterocycles. The fraction of sp³-hybridized carbons (Fsp3) is 0.800. The standard InChI is InChI=1S/C10H19N3O2/c1-7(2)15-6-10(14)5-13-9(4)11-8(3)12-13/h7,10,14H,5-6H2,1-4H3. The van der Waals surface area contributed by atoms with Crippen LogP contribution < -0.4 is 0 Å². The third-order valence-corrected chi connectivity index (χ3v) is 1.97. The second kappa shape index (κ2) is 5.23. The zero-order chi connectivity index (χ0) is 11.4. The summed E-state index contributed by atoms with van der Waals surface area (Å²) in [4.78, 5) is 4.16. The average molecular weight is 213 g/mol. The highest BCUT2D eigenvalue weighted by atomic mass is 16.5. The lowest BCUT2D eigenvalue weighted by molar-refractivity contribution is -0.00231. The van der Waals surface area contributed by atoms with Crippen LogP contribution in [0, 0.1) is 13.8 Å². The molecule has 0 saturated carbocycles. The van der Waals surface area contributed by atoms with Gasteiger partial charge in [-0.05, 0) is 27.7 Å². The predicted octanol–water partition coefficient (Wildman–Crippen LogP) is 0.681. The highest BCUT2D eigenvalue weighted by Crippen LogP contribution is 2.00. The topological polar surface area (TPSA) is 60.2 Å². The molecule has 5 heteroatoms. The molecule has 1 unspecified atom stereocenters. The predicted molar refractivity (Wildman–Crippen MR) is 56.6 cm³/mol. The normalized spacial score (nSPS) is 13.5. The molecular weight excluding hydrogens is 194 g/mol. The van der Waals surface area contributed by atoms with Crippen LogP contribution in [0.25, 0.3) is 0 Å². The van der Waals surface area contributed by atoms with Crippen molar-refractivity contribution in [2.24, 2.45) is 0 Å². The molecule has 0 fully saturated rings. The highest BCUT2D eigenvalue weighted by Gasteiger charge is 2.10. The minimum Gasteiger partial charge on any atom is -0.389 e. The van der Waals surface area contributed by atoms with Gasteiger partial charge in [0.2, 0.25) is 0 Å². The first kappa shape index (κ1) is 12.1. The summed E-state index contributed by atoms with van der Waals surface area (Å²) in [6.45, 7) is 8.35. The van der Waals surface area contributed by atoms with Crippen LogP contribution in [0.2, 0.25) is 0 Å². The van der Waals surface area contributed by atoms with Crippen LogP contribution in [0.15, 0.2) is 0 Å². The second-order valence-electron chi connectivity index (χ2n) is 3.92. The van der Waals surface area contributed by atoms with E-state index in [1.807, 2.05) is 27.7 Å². The van der Waals surface area contributed by atoms with Gasteiger partial charge in [-0.3, -0.25) is 0 Å². The maximum absolute atomic E-state index is 9.67. The molecule has 86 valence electrons. The minimum atomic E-state index is -0.535. The number of aryl methyl sites for hydroxylation is 2. The summed E-state index contributed by atoms with van der Waals surface area (Å²) in [7, 11) is 0. The molecule has 5 nitrogen and oxygen atoms in total. The van der Waals surface area contributed by atoms with Gasteiger partial charge in [-0.1, -0.05) is 0 Å². The van der Waals surface area contributed by atoms with E-state index in [0.29, 0.717) is 13.2 Å². The van der Waals surface area contributed by atoms with Gasteiger partial charge in [-0.2, -0.15) is 5.10 Å². The molecule has 0 spiro atoms. The quantitative estimate of drug-likeness (QED) is 0.781. The summed E-state index contributed by atoms with van der Waals surface area (Å²) in [5.41, 5.74) is 0. The van der Waals surface area contributed by atoms with Crippen LogP contribution in [0.4, 0.5) is 0 Å². The van der Waals surface area contributed by atoms with Crippen molar-refractivity contribution in [2.45, 2.75) is 46.4 Å². The molecule has 0 aromatic carbocycles. The van der Waals surface area contributed by atoms with Crippen molar-refractivity contribution in [3.8, 4) is 0 Å². The summed E-state index contributed by atoms with van der Waals surface area (Å²) < 4.78 is 7.01. The zero-order valence-corrected chi connectivity index (χ0v) is 9.77. The van der Waals surface area contributed by atoms with E-state index in [1.54, 1.807) is 4.68 Å². The van der Waals surface area contributed by atoms with E-state index in [-0.39, 0.29) is 6.10 Å². The molecule has 0 amide bonds. The first-order valence-electron chi connectivity index (χ1n) is 5.16. The van der Waals surface area contributed by atoms with E-state index in [0.717, 1.165) is 11.6 Å². The lowest BCUT2D eigenvalue weighted by Crippen LogP contribution is -2.24.